The van der Waals surface area contributed by atoms with Crippen LogP contribution in [0, 0.1) is 6.92 Å². The second kappa shape index (κ2) is 9.43. The minimum atomic E-state index is -4.63. The van der Waals surface area contributed by atoms with Crippen LogP contribution in [-0.2, 0) is 29.2 Å². The molecule has 34 heavy (non-hydrogen) atoms. The van der Waals surface area contributed by atoms with Gasteiger partial charge in [0.1, 0.15) is 5.56 Å². The number of alkyl halides is 3. The smallest absolute Gasteiger partial charge is 0.392 e. The summed E-state index contributed by atoms with van der Waals surface area (Å²) in [6.45, 7) is 0.880. The number of hydrogen-bond donors (Lipinski definition) is 2. The highest BCUT2D eigenvalue weighted by Gasteiger charge is 2.31. The molecule has 1 amide bonds. The minimum Gasteiger partial charge on any atom is -0.392 e. The number of benzene rings is 2. The zero-order valence-electron chi connectivity index (χ0n) is 18.2. The molecule has 0 spiro atoms. The fourth-order valence-electron chi connectivity index (χ4n) is 3.34. The number of aliphatic hydroxyl groups is 1. The van der Waals surface area contributed by atoms with Crippen LogP contribution in [0.25, 0.3) is 5.69 Å². The first-order valence-electron chi connectivity index (χ1n) is 9.94. The lowest BCUT2D eigenvalue weighted by Crippen LogP contribution is -2.34. The predicted octanol–water partition coefficient (Wildman–Crippen LogP) is 2.99. The lowest BCUT2D eigenvalue weighted by Gasteiger charge is -2.17. The molecule has 2 aromatic carbocycles. The van der Waals surface area contributed by atoms with E-state index in [0.29, 0.717) is 5.56 Å². The number of aliphatic hydroxyl groups excluding tert-OH is 1. The molecule has 3 aromatic rings. The Labute approximate surface area is 193 Å². The number of sulfone groups is 1. The van der Waals surface area contributed by atoms with Crippen LogP contribution in [0.15, 0.2) is 64.3 Å². The Balaban J connectivity index is 1.96. The van der Waals surface area contributed by atoms with E-state index in [1.165, 1.54) is 43.3 Å². The van der Waals surface area contributed by atoms with Crippen LogP contribution >= 0.6 is 0 Å². The van der Waals surface area contributed by atoms with Gasteiger partial charge >= 0.3 is 6.18 Å². The largest absolute Gasteiger partial charge is 0.416 e. The van der Waals surface area contributed by atoms with E-state index in [4.69, 9.17) is 0 Å². The monoisotopic (exact) mass is 494 g/mol. The van der Waals surface area contributed by atoms with E-state index in [1.807, 2.05) is 0 Å². The highest BCUT2D eigenvalue weighted by molar-refractivity contribution is 7.90. The van der Waals surface area contributed by atoms with Crippen LogP contribution in [0.2, 0.25) is 0 Å². The summed E-state index contributed by atoms with van der Waals surface area (Å²) >= 11 is 0. The molecule has 0 aliphatic carbocycles. The number of amides is 1. The van der Waals surface area contributed by atoms with Crippen molar-refractivity contribution < 1.29 is 31.5 Å². The van der Waals surface area contributed by atoms with Gasteiger partial charge in [-0.25, -0.2) is 8.42 Å². The van der Waals surface area contributed by atoms with Crippen molar-refractivity contribution in [3.8, 4) is 5.69 Å². The minimum absolute atomic E-state index is 0.0335. The molecule has 0 radical (unpaired) electrons. The SMILES string of the molecule is Cc1c(CO)cc(C(=O)NCc2ccc(S(C)(=O)=O)cc2)c(=O)n1-c1cccc(C(F)(F)F)c1. The molecule has 0 aliphatic rings. The highest BCUT2D eigenvalue weighted by atomic mass is 32.2. The molecule has 1 heterocycles. The van der Waals surface area contributed by atoms with E-state index in [0.717, 1.165) is 29.0 Å². The summed E-state index contributed by atoms with van der Waals surface area (Å²) in [7, 11) is -3.38. The van der Waals surface area contributed by atoms with E-state index < -0.39 is 39.7 Å². The first-order valence-corrected chi connectivity index (χ1v) is 11.8. The summed E-state index contributed by atoms with van der Waals surface area (Å²) < 4.78 is 63.6. The zero-order valence-corrected chi connectivity index (χ0v) is 19.0. The third kappa shape index (κ3) is 5.37. The molecule has 0 fully saturated rings. The maximum absolute atomic E-state index is 13.2. The molecule has 0 atom stereocenters. The Kier molecular flexibility index (Phi) is 6.99. The van der Waals surface area contributed by atoms with Crippen molar-refractivity contribution in [3.05, 3.63) is 92.9 Å². The number of carbonyl (C=O) groups is 1. The second-order valence-corrected chi connectivity index (χ2v) is 9.63. The van der Waals surface area contributed by atoms with Crippen molar-refractivity contribution in [1.29, 1.82) is 0 Å². The fourth-order valence-corrected chi connectivity index (χ4v) is 3.97. The van der Waals surface area contributed by atoms with Gasteiger partial charge < -0.3 is 10.4 Å². The van der Waals surface area contributed by atoms with E-state index in [1.54, 1.807) is 0 Å². The van der Waals surface area contributed by atoms with Gasteiger partial charge in [0.05, 0.1) is 17.1 Å². The molecular weight excluding hydrogens is 473 g/mol. The van der Waals surface area contributed by atoms with Crippen molar-refractivity contribution in [1.82, 2.24) is 9.88 Å². The van der Waals surface area contributed by atoms with Gasteiger partial charge in [-0.1, -0.05) is 18.2 Å². The Morgan fingerprint density at radius 3 is 2.29 bits per heavy atom. The van der Waals surface area contributed by atoms with E-state index >= 15 is 0 Å². The van der Waals surface area contributed by atoms with Crippen LogP contribution in [0.5, 0.6) is 0 Å². The molecular formula is C23H21F3N2O5S. The molecule has 180 valence electrons. The van der Waals surface area contributed by atoms with Gasteiger partial charge in [-0.05, 0) is 54.4 Å². The number of pyridine rings is 1. The van der Waals surface area contributed by atoms with Gasteiger partial charge in [-0.3, -0.25) is 14.2 Å². The number of nitrogens with one attached hydrogen (secondary N) is 1. The molecule has 3 rings (SSSR count). The Morgan fingerprint density at radius 2 is 1.74 bits per heavy atom. The highest BCUT2D eigenvalue weighted by Crippen LogP contribution is 2.30. The fraction of sp³-hybridized carbons (Fsp3) is 0.217. The van der Waals surface area contributed by atoms with Gasteiger partial charge in [0, 0.05) is 24.2 Å². The van der Waals surface area contributed by atoms with Crippen molar-refractivity contribution in [2.75, 3.05) is 6.26 Å². The first-order chi connectivity index (χ1) is 15.8. The lowest BCUT2D eigenvalue weighted by atomic mass is 10.1. The summed E-state index contributed by atoms with van der Waals surface area (Å²) in [5.74, 6) is -0.799. The van der Waals surface area contributed by atoms with Crippen LogP contribution < -0.4 is 10.9 Å². The molecule has 0 aliphatic heterocycles. The van der Waals surface area contributed by atoms with Crippen molar-refractivity contribution in [2.24, 2.45) is 0 Å². The number of aromatic nitrogens is 1. The Morgan fingerprint density at radius 1 is 1.09 bits per heavy atom. The summed E-state index contributed by atoms with van der Waals surface area (Å²) in [5, 5.41) is 12.2. The zero-order chi connectivity index (χ0) is 25.3. The van der Waals surface area contributed by atoms with Crippen molar-refractivity contribution >= 4 is 15.7 Å². The summed E-state index contributed by atoms with van der Waals surface area (Å²) in [5.41, 5.74) is -1.32. The molecule has 0 saturated carbocycles. The summed E-state index contributed by atoms with van der Waals surface area (Å²) in [4.78, 5) is 26.0. The third-order valence-electron chi connectivity index (χ3n) is 5.20. The van der Waals surface area contributed by atoms with Gasteiger partial charge in [-0.2, -0.15) is 13.2 Å². The number of halogens is 3. The van der Waals surface area contributed by atoms with Crippen LogP contribution in [0.1, 0.15) is 32.7 Å². The molecule has 2 N–H and O–H groups in total. The first kappa shape index (κ1) is 25.2. The van der Waals surface area contributed by atoms with Gasteiger partial charge in [0.25, 0.3) is 11.5 Å². The standard InChI is InChI=1S/C23H21F3N2O5S/c1-14-16(13-29)10-20(21(30)27-12-15-6-8-19(9-7-15)34(2,32)33)22(31)28(14)18-5-3-4-17(11-18)23(24,25)26/h3-11,29H,12-13H2,1-2H3,(H,27,30). The van der Waals surface area contributed by atoms with Gasteiger partial charge in [0.2, 0.25) is 0 Å². The van der Waals surface area contributed by atoms with Crippen molar-refractivity contribution in [2.45, 2.75) is 31.1 Å². The topological polar surface area (TPSA) is 105 Å². The van der Waals surface area contributed by atoms with Crippen molar-refractivity contribution in [3.63, 3.8) is 0 Å². The second-order valence-electron chi connectivity index (χ2n) is 7.61. The average Bonchev–Trinajstić information content (AvgIpc) is 2.77. The lowest BCUT2D eigenvalue weighted by molar-refractivity contribution is -0.137. The van der Waals surface area contributed by atoms with Crippen LogP contribution in [0.3, 0.4) is 0 Å². The maximum Gasteiger partial charge on any atom is 0.416 e. The Hall–Kier alpha value is -3.44. The van der Waals surface area contributed by atoms with E-state index in [9.17, 15) is 36.3 Å². The summed E-state index contributed by atoms with van der Waals surface area (Å²) in [6, 6.07) is 11.1. The average molecular weight is 494 g/mol. The van der Waals surface area contributed by atoms with E-state index in [2.05, 4.69) is 5.32 Å². The molecule has 11 heteroatoms. The third-order valence-corrected chi connectivity index (χ3v) is 6.33. The number of carbonyl (C=O) groups excluding carboxylic acids is 1. The number of nitrogens with zero attached hydrogens (tertiary/aromatic N) is 1. The van der Waals surface area contributed by atoms with Gasteiger partial charge in [-0.15, -0.1) is 0 Å². The number of rotatable bonds is 6. The normalized spacial score (nSPS) is 11.9. The quantitative estimate of drug-likeness (QED) is 0.548. The summed E-state index contributed by atoms with van der Waals surface area (Å²) in [6.07, 6.45) is -3.57. The van der Waals surface area contributed by atoms with Crippen LogP contribution in [0.4, 0.5) is 13.2 Å². The molecule has 7 nitrogen and oxygen atoms in total. The van der Waals surface area contributed by atoms with Gasteiger partial charge in [0.15, 0.2) is 9.84 Å². The van der Waals surface area contributed by atoms with Crippen LogP contribution in [-0.4, -0.2) is 30.3 Å². The Bertz CT molecular complexity index is 1400. The molecule has 1 aromatic heterocycles. The molecule has 0 saturated heterocycles. The molecule has 0 bridgehead atoms. The predicted molar refractivity (Wildman–Crippen MR) is 118 cm³/mol. The molecule has 0 unspecified atom stereocenters. The maximum atomic E-state index is 13.2. The number of hydrogen-bond acceptors (Lipinski definition) is 5. The van der Waals surface area contributed by atoms with E-state index in [-0.39, 0.29) is 33.9 Å².